The van der Waals surface area contributed by atoms with E-state index in [2.05, 4.69) is 5.32 Å². The van der Waals surface area contributed by atoms with Crippen molar-refractivity contribution in [1.29, 1.82) is 0 Å². The van der Waals surface area contributed by atoms with Crippen LogP contribution in [0.15, 0.2) is 18.2 Å². The summed E-state index contributed by atoms with van der Waals surface area (Å²) < 4.78 is 13.0. The van der Waals surface area contributed by atoms with Crippen LogP contribution in [0.25, 0.3) is 0 Å². The van der Waals surface area contributed by atoms with Crippen molar-refractivity contribution in [3.05, 3.63) is 29.0 Å². The quantitative estimate of drug-likeness (QED) is 0.858. The number of amides is 1. The molecule has 88 valence electrons. The Morgan fingerprint density at radius 3 is 2.62 bits per heavy atom. The summed E-state index contributed by atoms with van der Waals surface area (Å²) >= 11 is 5.67. The second-order valence-electron chi connectivity index (χ2n) is 4.20. The van der Waals surface area contributed by atoms with Gasteiger partial charge in [0.1, 0.15) is 5.82 Å². The summed E-state index contributed by atoms with van der Waals surface area (Å²) in [5.41, 5.74) is 5.09. The number of hydrogen-bond donors (Lipinski definition) is 2. The van der Waals surface area contributed by atoms with E-state index in [0.717, 1.165) is 0 Å². The van der Waals surface area contributed by atoms with E-state index < -0.39 is 11.2 Å². The first-order valence-electron chi connectivity index (χ1n) is 4.83. The molecule has 0 fully saturated rings. The highest BCUT2D eigenvalue weighted by Crippen LogP contribution is 2.21. The minimum Gasteiger partial charge on any atom is -0.329 e. The number of hydrogen-bond acceptors (Lipinski definition) is 2. The lowest BCUT2D eigenvalue weighted by Gasteiger charge is -2.21. The number of benzene rings is 1. The van der Waals surface area contributed by atoms with Gasteiger partial charge in [-0.05, 0) is 32.0 Å². The summed E-state index contributed by atoms with van der Waals surface area (Å²) in [6, 6.07) is 3.86. The van der Waals surface area contributed by atoms with Crippen molar-refractivity contribution in [1.82, 2.24) is 0 Å². The Morgan fingerprint density at radius 2 is 2.12 bits per heavy atom. The molecule has 0 aliphatic heterocycles. The first kappa shape index (κ1) is 12.9. The average Bonchev–Trinajstić information content (AvgIpc) is 2.15. The lowest BCUT2D eigenvalue weighted by Crippen LogP contribution is -2.37. The second kappa shape index (κ2) is 4.80. The van der Waals surface area contributed by atoms with Gasteiger partial charge in [0.2, 0.25) is 5.91 Å². The minimum atomic E-state index is -0.696. The second-order valence-corrected chi connectivity index (χ2v) is 4.64. The fourth-order valence-corrected chi connectivity index (χ4v) is 1.24. The number of carbonyl (C=O) groups is 1. The Kier molecular flexibility index (Phi) is 3.88. The summed E-state index contributed by atoms with van der Waals surface area (Å²) in [6.45, 7) is 3.63. The van der Waals surface area contributed by atoms with Crippen molar-refractivity contribution >= 4 is 23.2 Å². The van der Waals surface area contributed by atoms with E-state index >= 15 is 0 Å². The van der Waals surface area contributed by atoms with Gasteiger partial charge in [0.25, 0.3) is 0 Å². The number of nitrogens with one attached hydrogen (secondary N) is 1. The molecule has 3 nitrogen and oxygen atoms in total. The maximum atomic E-state index is 13.0. The number of nitrogens with two attached hydrogens (primary N) is 1. The largest absolute Gasteiger partial charge is 0.329 e. The van der Waals surface area contributed by atoms with Crippen LogP contribution < -0.4 is 11.1 Å². The van der Waals surface area contributed by atoms with Crippen molar-refractivity contribution in [3.63, 3.8) is 0 Å². The molecule has 16 heavy (non-hydrogen) atoms. The van der Waals surface area contributed by atoms with E-state index in [4.69, 9.17) is 17.3 Å². The zero-order chi connectivity index (χ0) is 12.3. The maximum Gasteiger partial charge on any atom is 0.231 e. The number of rotatable bonds is 3. The highest BCUT2D eigenvalue weighted by molar-refractivity contribution is 6.30. The Balaban J connectivity index is 2.85. The molecule has 0 radical (unpaired) electrons. The van der Waals surface area contributed by atoms with E-state index in [1.165, 1.54) is 18.2 Å². The number of halogens is 2. The Morgan fingerprint density at radius 1 is 1.50 bits per heavy atom. The van der Waals surface area contributed by atoms with Crippen molar-refractivity contribution in [3.8, 4) is 0 Å². The molecule has 0 heterocycles. The van der Waals surface area contributed by atoms with E-state index in [0.29, 0.717) is 5.69 Å². The fourth-order valence-electron chi connectivity index (χ4n) is 1.02. The standard InChI is InChI=1S/C11H14ClFN2O/c1-11(2,6-14)10(16)15-9-4-7(12)3-8(13)5-9/h3-5H,6,14H2,1-2H3,(H,15,16). The number of carbonyl (C=O) groups excluding carboxylic acids is 1. The molecule has 0 bridgehead atoms. The maximum absolute atomic E-state index is 13.0. The highest BCUT2D eigenvalue weighted by Gasteiger charge is 2.25. The molecular weight excluding hydrogens is 231 g/mol. The Bertz CT molecular complexity index is 387. The fraction of sp³-hybridized carbons (Fsp3) is 0.364. The van der Waals surface area contributed by atoms with Crippen molar-refractivity contribution < 1.29 is 9.18 Å². The van der Waals surface area contributed by atoms with Gasteiger partial charge in [0, 0.05) is 17.3 Å². The molecule has 0 aliphatic carbocycles. The Labute approximate surface area is 98.8 Å². The van der Waals surface area contributed by atoms with Crippen LogP contribution in [0.5, 0.6) is 0 Å². The lowest BCUT2D eigenvalue weighted by molar-refractivity contribution is -0.123. The molecule has 0 atom stereocenters. The molecule has 1 aromatic carbocycles. The zero-order valence-electron chi connectivity index (χ0n) is 9.18. The molecular formula is C11H14ClFN2O. The molecule has 0 aliphatic rings. The topological polar surface area (TPSA) is 55.1 Å². The van der Waals surface area contributed by atoms with Gasteiger partial charge in [0.05, 0.1) is 5.41 Å². The van der Waals surface area contributed by atoms with Gasteiger partial charge < -0.3 is 11.1 Å². The van der Waals surface area contributed by atoms with Gasteiger partial charge >= 0.3 is 0 Å². The minimum absolute atomic E-state index is 0.210. The van der Waals surface area contributed by atoms with Crippen LogP contribution in [0, 0.1) is 11.2 Å². The van der Waals surface area contributed by atoms with Crippen LogP contribution in [-0.4, -0.2) is 12.5 Å². The lowest BCUT2D eigenvalue weighted by atomic mass is 9.92. The van der Waals surface area contributed by atoms with Gasteiger partial charge in [-0.2, -0.15) is 0 Å². The van der Waals surface area contributed by atoms with Crippen LogP contribution in [0.3, 0.4) is 0 Å². The van der Waals surface area contributed by atoms with Crippen LogP contribution in [0.4, 0.5) is 10.1 Å². The van der Waals surface area contributed by atoms with Gasteiger partial charge in [-0.15, -0.1) is 0 Å². The van der Waals surface area contributed by atoms with Crippen LogP contribution >= 0.6 is 11.6 Å². The molecule has 0 spiro atoms. The highest BCUT2D eigenvalue weighted by atomic mass is 35.5. The Hall–Kier alpha value is -1.13. The van der Waals surface area contributed by atoms with Gasteiger partial charge in [-0.25, -0.2) is 4.39 Å². The van der Waals surface area contributed by atoms with E-state index in [9.17, 15) is 9.18 Å². The normalized spacial score (nSPS) is 11.3. The smallest absolute Gasteiger partial charge is 0.231 e. The first-order chi connectivity index (χ1) is 7.35. The third-order valence-corrected chi connectivity index (χ3v) is 2.46. The van der Waals surface area contributed by atoms with Gasteiger partial charge in [0.15, 0.2) is 0 Å². The van der Waals surface area contributed by atoms with Crippen LogP contribution in [0.1, 0.15) is 13.8 Å². The molecule has 3 N–H and O–H groups in total. The molecule has 0 aromatic heterocycles. The molecule has 5 heteroatoms. The van der Waals surface area contributed by atoms with Crippen molar-refractivity contribution in [2.45, 2.75) is 13.8 Å². The SMILES string of the molecule is CC(C)(CN)C(=O)Nc1cc(F)cc(Cl)c1. The van der Waals surface area contributed by atoms with E-state index in [-0.39, 0.29) is 17.5 Å². The molecule has 1 aromatic rings. The molecule has 1 amide bonds. The summed E-state index contributed by atoms with van der Waals surface area (Å²) in [5.74, 6) is -0.759. The van der Waals surface area contributed by atoms with Gasteiger partial charge in [-0.3, -0.25) is 4.79 Å². The van der Waals surface area contributed by atoms with E-state index in [1.807, 2.05) is 0 Å². The molecule has 0 unspecified atom stereocenters. The summed E-state index contributed by atoms with van der Waals surface area (Å²) in [6.07, 6.45) is 0. The van der Waals surface area contributed by atoms with E-state index in [1.54, 1.807) is 13.8 Å². The number of anilines is 1. The van der Waals surface area contributed by atoms with Crippen molar-refractivity contribution in [2.75, 3.05) is 11.9 Å². The summed E-state index contributed by atoms with van der Waals surface area (Å²) in [7, 11) is 0. The molecule has 0 saturated carbocycles. The zero-order valence-corrected chi connectivity index (χ0v) is 9.94. The predicted molar refractivity (Wildman–Crippen MR) is 62.9 cm³/mol. The predicted octanol–water partition coefficient (Wildman–Crippen LogP) is 2.40. The van der Waals surface area contributed by atoms with Crippen molar-refractivity contribution in [2.24, 2.45) is 11.1 Å². The first-order valence-corrected chi connectivity index (χ1v) is 5.20. The summed E-state index contributed by atoms with van der Waals surface area (Å²) in [4.78, 5) is 11.7. The summed E-state index contributed by atoms with van der Waals surface area (Å²) in [5, 5.41) is 2.81. The molecule has 0 saturated heterocycles. The third-order valence-electron chi connectivity index (χ3n) is 2.25. The monoisotopic (exact) mass is 244 g/mol. The van der Waals surface area contributed by atoms with Crippen LogP contribution in [0.2, 0.25) is 5.02 Å². The van der Waals surface area contributed by atoms with Crippen LogP contribution in [-0.2, 0) is 4.79 Å². The van der Waals surface area contributed by atoms with Gasteiger partial charge in [-0.1, -0.05) is 11.6 Å². The third kappa shape index (κ3) is 3.18. The average molecular weight is 245 g/mol. The molecule has 1 rings (SSSR count).